The van der Waals surface area contributed by atoms with Crippen molar-refractivity contribution < 1.29 is 14.0 Å². The van der Waals surface area contributed by atoms with E-state index < -0.39 is 0 Å². The van der Waals surface area contributed by atoms with Crippen molar-refractivity contribution >= 4 is 29.0 Å². The standard InChI is InChI=1S/C23H26N4O3/c1-16(14-17-9-11-20(12-10-17)27(2)3)24-23(29)26-19-7-4-6-18(15-19)25-22(28)21-8-5-13-30-21/h4-13,15-16H,14H2,1-3H3,(H,25,28)(H2,24,26,29)/t16-/m0/s1. The molecule has 0 aliphatic carbocycles. The van der Waals surface area contributed by atoms with E-state index in [2.05, 4.69) is 40.2 Å². The Morgan fingerprint density at radius 3 is 2.30 bits per heavy atom. The average Bonchev–Trinajstić information content (AvgIpc) is 3.23. The van der Waals surface area contributed by atoms with Crippen molar-refractivity contribution in [1.29, 1.82) is 0 Å². The van der Waals surface area contributed by atoms with Crippen LogP contribution in [0.1, 0.15) is 23.0 Å². The molecule has 0 radical (unpaired) electrons. The zero-order chi connectivity index (χ0) is 21.5. The summed E-state index contributed by atoms with van der Waals surface area (Å²) >= 11 is 0. The lowest BCUT2D eigenvalue weighted by Gasteiger charge is -2.16. The van der Waals surface area contributed by atoms with Crippen molar-refractivity contribution in [3.8, 4) is 0 Å². The molecule has 0 aliphatic rings. The van der Waals surface area contributed by atoms with Crippen LogP contribution >= 0.6 is 0 Å². The minimum Gasteiger partial charge on any atom is -0.459 e. The molecule has 30 heavy (non-hydrogen) atoms. The molecular weight excluding hydrogens is 380 g/mol. The van der Waals surface area contributed by atoms with Crippen molar-refractivity contribution in [2.75, 3.05) is 29.6 Å². The lowest BCUT2D eigenvalue weighted by molar-refractivity contribution is 0.0996. The van der Waals surface area contributed by atoms with E-state index in [1.165, 1.54) is 6.26 Å². The van der Waals surface area contributed by atoms with Crippen molar-refractivity contribution in [3.63, 3.8) is 0 Å². The molecule has 3 aromatic rings. The molecule has 0 unspecified atom stereocenters. The summed E-state index contributed by atoms with van der Waals surface area (Å²) in [7, 11) is 4.00. The zero-order valence-electron chi connectivity index (χ0n) is 17.3. The summed E-state index contributed by atoms with van der Waals surface area (Å²) < 4.78 is 5.08. The van der Waals surface area contributed by atoms with Crippen LogP contribution in [0.15, 0.2) is 71.3 Å². The molecule has 3 rings (SSSR count). The molecule has 3 N–H and O–H groups in total. The van der Waals surface area contributed by atoms with E-state index >= 15 is 0 Å². The third kappa shape index (κ3) is 5.88. The van der Waals surface area contributed by atoms with E-state index in [0.717, 1.165) is 17.7 Å². The highest BCUT2D eigenvalue weighted by atomic mass is 16.3. The minimum atomic E-state index is -0.351. The van der Waals surface area contributed by atoms with Gasteiger partial charge >= 0.3 is 6.03 Å². The Bertz CT molecular complexity index is 982. The van der Waals surface area contributed by atoms with Gasteiger partial charge < -0.3 is 25.3 Å². The molecule has 0 fully saturated rings. The van der Waals surface area contributed by atoms with Gasteiger partial charge in [0.25, 0.3) is 5.91 Å². The number of furan rings is 1. The number of nitrogens with zero attached hydrogens (tertiary/aromatic N) is 1. The molecule has 0 aliphatic heterocycles. The van der Waals surface area contributed by atoms with Gasteiger partial charge in [-0.1, -0.05) is 18.2 Å². The van der Waals surface area contributed by atoms with E-state index in [-0.39, 0.29) is 23.7 Å². The monoisotopic (exact) mass is 406 g/mol. The number of urea groups is 1. The first kappa shape index (κ1) is 21.0. The topological polar surface area (TPSA) is 86.6 Å². The maximum absolute atomic E-state index is 12.3. The number of benzene rings is 2. The van der Waals surface area contributed by atoms with Gasteiger partial charge in [-0.05, 0) is 61.4 Å². The summed E-state index contributed by atoms with van der Waals surface area (Å²) in [5.74, 6) is -0.131. The Hall–Kier alpha value is -3.74. The number of nitrogens with one attached hydrogen (secondary N) is 3. The third-order valence-corrected chi connectivity index (χ3v) is 4.50. The molecule has 2 aromatic carbocycles. The van der Waals surface area contributed by atoms with Gasteiger partial charge in [0, 0.05) is 37.2 Å². The lowest BCUT2D eigenvalue weighted by atomic mass is 10.1. The quantitative estimate of drug-likeness (QED) is 0.544. The first-order valence-electron chi connectivity index (χ1n) is 9.69. The number of hydrogen-bond acceptors (Lipinski definition) is 4. The molecule has 1 heterocycles. The second kappa shape index (κ2) is 9.65. The summed E-state index contributed by atoms with van der Waals surface area (Å²) in [4.78, 5) is 26.5. The fourth-order valence-corrected chi connectivity index (χ4v) is 3.00. The van der Waals surface area contributed by atoms with Gasteiger partial charge in [0.15, 0.2) is 5.76 Å². The lowest BCUT2D eigenvalue weighted by Crippen LogP contribution is -2.37. The molecule has 0 spiro atoms. The number of hydrogen-bond donors (Lipinski definition) is 3. The summed E-state index contributed by atoms with van der Waals surface area (Å²) in [5, 5.41) is 8.47. The highest BCUT2D eigenvalue weighted by molar-refractivity contribution is 6.02. The van der Waals surface area contributed by atoms with Gasteiger partial charge in [-0.15, -0.1) is 0 Å². The van der Waals surface area contributed by atoms with E-state index in [1.807, 2.05) is 25.9 Å². The number of rotatable bonds is 7. The van der Waals surface area contributed by atoms with E-state index in [4.69, 9.17) is 4.42 Å². The Kier molecular flexibility index (Phi) is 6.75. The van der Waals surface area contributed by atoms with Crippen molar-refractivity contribution in [3.05, 3.63) is 78.3 Å². The van der Waals surface area contributed by atoms with Gasteiger partial charge in [-0.25, -0.2) is 4.79 Å². The maximum atomic E-state index is 12.3. The van der Waals surface area contributed by atoms with Crippen LogP contribution in [0.2, 0.25) is 0 Å². The zero-order valence-corrected chi connectivity index (χ0v) is 17.3. The second-order valence-corrected chi connectivity index (χ2v) is 7.28. The fraction of sp³-hybridized carbons (Fsp3) is 0.217. The van der Waals surface area contributed by atoms with Crippen LogP contribution in [0.3, 0.4) is 0 Å². The van der Waals surface area contributed by atoms with Crippen molar-refractivity contribution in [1.82, 2.24) is 5.32 Å². The highest BCUT2D eigenvalue weighted by Crippen LogP contribution is 2.17. The SMILES string of the molecule is C[C@@H](Cc1ccc(N(C)C)cc1)NC(=O)Nc1cccc(NC(=O)c2ccco2)c1. The maximum Gasteiger partial charge on any atom is 0.319 e. The van der Waals surface area contributed by atoms with Gasteiger partial charge in [0.05, 0.1) is 6.26 Å². The summed E-state index contributed by atoms with van der Waals surface area (Å²) in [6.07, 6.45) is 2.16. The van der Waals surface area contributed by atoms with Gasteiger partial charge in [0.1, 0.15) is 0 Å². The Balaban J connectivity index is 1.52. The van der Waals surface area contributed by atoms with Crippen LogP contribution in [0.4, 0.5) is 21.9 Å². The van der Waals surface area contributed by atoms with Gasteiger partial charge in [-0.2, -0.15) is 0 Å². The average molecular weight is 406 g/mol. The number of carbonyl (C=O) groups excluding carboxylic acids is 2. The molecule has 0 bridgehead atoms. The van der Waals surface area contributed by atoms with Gasteiger partial charge in [0.2, 0.25) is 0 Å². The first-order valence-corrected chi connectivity index (χ1v) is 9.69. The molecule has 7 nitrogen and oxygen atoms in total. The van der Waals surface area contributed by atoms with Crippen LogP contribution in [0.25, 0.3) is 0 Å². The molecule has 0 saturated heterocycles. The summed E-state index contributed by atoms with van der Waals surface area (Å²) in [5.41, 5.74) is 3.42. The normalized spacial score (nSPS) is 11.4. The van der Waals surface area contributed by atoms with Crippen LogP contribution in [0.5, 0.6) is 0 Å². The predicted octanol–water partition coefficient (Wildman–Crippen LogP) is 4.35. The molecule has 156 valence electrons. The molecule has 3 amide bonds. The van der Waals surface area contributed by atoms with Crippen LogP contribution in [-0.2, 0) is 6.42 Å². The minimum absolute atomic E-state index is 0.0444. The molecule has 1 atom stereocenters. The van der Waals surface area contributed by atoms with Crippen LogP contribution in [-0.4, -0.2) is 32.1 Å². The Morgan fingerprint density at radius 2 is 1.67 bits per heavy atom. The predicted molar refractivity (Wildman–Crippen MR) is 119 cm³/mol. The Labute approximate surface area is 176 Å². The van der Waals surface area contributed by atoms with Crippen molar-refractivity contribution in [2.24, 2.45) is 0 Å². The molecular formula is C23H26N4O3. The molecule has 0 saturated carbocycles. The highest BCUT2D eigenvalue weighted by Gasteiger charge is 2.11. The molecule has 7 heteroatoms. The molecule has 1 aromatic heterocycles. The van der Waals surface area contributed by atoms with E-state index in [9.17, 15) is 9.59 Å². The number of anilines is 3. The van der Waals surface area contributed by atoms with E-state index in [0.29, 0.717) is 11.4 Å². The Morgan fingerprint density at radius 1 is 0.967 bits per heavy atom. The van der Waals surface area contributed by atoms with E-state index in [1.54, 1.807) is 36.4 Å². The fourth-order valence-electron chi connectivity index (χ4n) is 3.00. The second-order valence-electron chi connectivity index (χ2n) is 7.28. The van der Waals surface area contributed by atoms with Crippen LogP contribution in [0, 0.1) is 0 Å². The summed E-state index contributed by atoms with van der Waals surface area (Å²) in [6.45, 7) is 1.96. The number of carbonyl (C=O) groups is 2. The number of amides is 3. The van der Waals surface area contributed by atoms with Gasteiger partial charge in [-0.3, -0.25) is 4.79 Å². The first-order chi connectivity index (χ1) is 14.4. The largest absolute Gasteiger partial charge is 0.459 e. The summed E-state index contributed by atoms with van der Waals surface area (Å²) in [6, 6.07) is 18.1. The van der Waals surface area contributed by atoms with Crippen molar-refractivity contribution in [2.45, 2.75) is 19.4 Å². The smallest absolute Gasteiger partial charge is 0.319 e. The third-order valence-electron chi connectivity index (χ3n) is 4.50. The van der Waals surface area contributed by atoms with Crippen LogP contribution < -0.4 is 20.9 Å².